The molecule has 0 N–H and O–H groups in total. The van der Waals surface area contributed by atoms with Gasteiger partial charge in [0, 0.05) is 18.3 Å². The maximum Gasteiger partial charge on any atom is 0.141 e. The average Bonchev–Trinajstić information content (AvgIpc) is 2.61. The highest BCUT2D eigenvalue weighted by atomic mass is 16.5. The summed E-state index contributed by atoms with van der Waals surface area (Å²) in [5, 5.41) is 0. The lowest BCUT2D eigenvalue weighted by Gasteiger charge is -2.37. The van der Waals surface area contributed by atoms with Crippen molar-refractivity contribution < 1.29 is 19.1 Å². The first-order valence-corrected chi connectivity index (χ1v) is 7.90. The first-order valence-electron chi connectivity index (χ1n) is 7.90. The molecule has 124 valence electrons. The second-order valence-electron chi connectivity index (χ2n) is 6.15. The molecule has 0 saturated heterocycles. The molecule has 24 heavy (non-hydrogen) atoms. The second kappa shape index (κ2) is 6.48. The number of ketones is 2. The Balaban J connectivity index is 2.11. The van der Waals surface area contributed by atoms with Crippen molar-refractivity contribution in [1.82, 2.24) is 0 Å². The van der Waals surface area contributed by atoms with Crippen LogP contribution in [0.3, 0.4) is 0 Å². The summed E-state index contributed by atoms with van der Waals surface area (Å²) in [5.74, 6) is 1.46. The van der Waals surface area contributed by atoms with Crippen molar-refractivity contribution in [2.24, 2.45) is 0 Å². The molecule has 0 spiro atoms. The normalized spacial score (nSPS) is 16.8. The topological polar surface area (TPSA) is 52.6 Å². The van der Waals surface area contributed by atoms with Crippen LogP contribution in [0, 0.1) is 0 Å². The molecule has 0 unspecified atom stereocenters. The molecule has 1 aliphatic rings. The van der Waals surface area contributed by atoms with E-state index in [-0.39, 0.29) is 18.0 Å². The average molecular weight is 324 g/mol. The Labute approximate surface area is 141 Å². The fourth-order valence-electron chi connectivity index (χ4n) is 3.48. The van der Waals surface area contributed by atoms with Crippen molar-refractivity contribution in [1.29, 1.82) is 0 Å². The number of rotatable bonds is 4. The Morgan fingerprint density at radius 3 is 1.42 bits per heavy atom. The number of carbonyl (C=O) groups excluding carboxylic acids is 2. The molecule has 1 saturated carbocycles. The van der Waals surface area contributed by atoms with Crippen molar-refractivity contribution in [2.45, 2.75) is 24.7 Å². The summed E-state index contributed by atoms with van der Waals surface area (Å²) in [6.45, 7) is 0. The predicted octanol–water partition coefficient (Wildman–Crippen LogP) is 3.31. The summed E-state index contributed by atoms with van der Waals surface area (Å²) < 4.78 is 10.4. The first kappa shape index (κ1) is 16.2. The molecule has 2 aromatic carbocycles. The highest BCUT2D eigenvalue weighted by Crippen LogP contribution is 2.43. The SMILES string of the molecule is COc1ccc(C2(c3ccc(OC)cc3)CC(=O)CC(=O)C2)cc1. The number of Topliss-reactive ketones (excluding diaryl/α,β-unsaturated/α-hetero) is 2. The van der Waals surface area contributed by atoms with E-state index in [0.29, 0.717) is 12.8 Å². The van der Waals surface area contributed by atoms with E-state index in [1.165, 1.54) is 0 Å². The van der Waals surface area contributed by atoms with Crippen LogP contribution in [0.5, 0.6) is 11.5 Å². The molecule has 0 atom stereocenters. The molecule has 0 radical (unpaired) electrons. The van der Waals surface area contributed by atoms with Gasteiger partial charge in [0.25, 0.3) is 0 Å². The minimum Gasteiger partial charge on any atom is -0.497 e. The highest BCUT2D eigenvalue weighted by Gasteiger charge is 2.42. The lowest BCUT2D eigenvalue weighted by atomic mass is 9.64. The molecule has 4 nitrogen and oxygen atoms in total. The number of benzene rings is 2. The molecule has 0 amide bonds. The first-order chi connectivity index (χ1) is 11.6. The van der Waals surface area contributed by atoms with Gasteiger partial charge in [-0.15, -0.1) is 0 Å². The Morgan fingerprint density at radius 1 is 0.708 bits per heavy atom. The standard InChI is InChI=1S/C20H20O4/c1-23-18-7-3-14(4-8-18)20(12-16(21)11-17(22)13-20)15-5-9-19(24-2)10-6-15/h3-10H,11-13H2,1-2H3. The highest BCUT2D eigenvalue weighted by molar-refractivity contribution is 6.03. The van der Waals surface area contributed by atoms with Crippen LogP contribution >= 0.6 is 0 Å². The van der Waals surface area contributed by atoms with Crippen LogP contribution in [0.4, 0.5) is 0 Å². The minimum atomic E-state index is -0.620. The zero-order chi connectivity index (χ0) is 17.2. The van der Waals surface area contributed by atoms with Gasteiger partial charge in [0.1, 0.15) is 23.1 Å². The monoisotopic (exact) mass is 324 g/mol. The summed E-state index contributed by atoms with van der Waals surface area (Å²) in [7, 11) is 3.23. The van der Waals surface area contributed by atoms with Crippen molar-refractivity contribution in [3.63, 3.8) is 0 Å². The maximum atomic E-state index is 12.2. The molecule has 0 aromatic heterocycles. The number of hydrogen-bond acceptors (Lipinski definition) is 4. The van der Waals surface area contributed by atoms with Gasteiger partial charge < -0.3 is 9.47 Å². The van der Waals surface area contributed by atoms with E-state index < -0.39 is 5.41 Å². The molecule has 0 aliphatic heterocycles. The fourth-order valence-corrected chi connectivity index (χ4v) is 3.48. The van der Waals surface area contributed by atoms with E-state index in [0.717, 1.165) is 22.6 Å². The minimum absolute atomic E-state index is 0.0158. The third kappa shape index (κ3) is 2.92. The summed E-state index contributed by atoms with van der Waals surface area (Å²) in [6, 6.07) is 15.2. The number of hydrogen-bond donors (Lipinski definition) is 0. The Bertz CT molecular complexity index is 679. The Hall–Kier alpha value is -2.62. The van der Waals surface area contributed by atoms with Gasteiger partial charge in [-0.3, -0.25) is 9.59 Å². The van der Waals surface area contributed by atoms with E-state index >= 15 is 0 Å². The summed E-state index contributed by atoms with van der Waals surface area (Å²) in [5.41, 5.74) is 1.29. The zero-order valence-electron chi connectivity index (χ0n) is 13.9. The number of carbonyl (C=O) groups is 2. The molecule has 1 fully saturated rings. The van der Waals surface area contributed by atoms with Gasteiger partial charge in [-0.2, -0.15) is 0 Å². The summed E-state index contributed by atoms with van der Waals surface area (Å²) in [4.78, 5) is 24.4. The van der Waals surface area contributed by atoms with Gasteiger partial charge in [0.15, 0.2) is 0 Å². The number of methoxy groups -OCH3 is 2. The van der Waals surface area contributed by atoms with Gasteiger partial charge in [0.2, 0.25) is 0 Å². The molecule has 3 rings (SSSR count). The van der Waals surface area contributed by atoms with Gasteiger partial charge in [-0.1, -0.05) is 24.3 Å². The van der Waals surface area contributed by atoms with E-state index in [4.69, 9.17) is 9.47 Å². The molecule has 2 aromatic rings. The van der Waals surface area contributed by atoms with Crippen LogP contribution in [-0.4, -0.2) is 25.8 Å². The van der Waals surface area contributed by atoms with E-state index in [9.17, 15) is 9.59 Å². The van der Waals surface area contributed by atoms with Gasteiger partial charge in [0.05, 0.1) is 20.6 Å². The molecule has 1 aliphatic carbocycles. The van der Waals surface area contributed by atoms with Crippen LogP contribution < -0.4 is 9.47 Å². The van der Waals surface area contributed by atoms with Crippen LogP contribution in [-0.2, 0) is 15.0 Å². The largest absolute Gasteiger partial charge is 0.497 e. The lowest BCUT2D eigenvalue weighted by Crippen LogP contribution is -2.38. The lowest BCUT2D eigenvalue weighted by molar-refractivity contribution is -0.131. The van der Waals surface area contributed by atoms with Crippen LogP contribution in [0.15, 0.2) is 48.5 Å². The molecule has 0 heterocycles. The molecular weight excluding hydrogens is 304 g/mol. The van der Waals surface area contributed by atoms with Crippen molar-refractivity contribution in [2.75, 3.05) is 14.2 Å². The van der Waals surface area contributed by atoms with Crippen molar-refractivity contribution >= 4 is 11.6 Å². The fraction of sp³-hybridized carbons (Fsp3) is 0.300. The van der Waals surface area contributed by atoms with E-state index in [1.807, 2.05) is 48.5 Å². The van der Waals surface area contributed by atoms with Crippen LogP contribution in [0.1, 0.15) is 30.4 Å². The van der Waals surface area contributed by atoms with E-state index in [2.05, 4.69) is 0 Å². The predicted molar refractivity (Wildman–Crippen MR) is 90.6 cm³/mol. The molecule has 4 heteroatoms. The third-order valence-corrected chi connectivity index (χ3v) is 4.68. The third-order valence-electron chi connectivity index (χ3n) is 4.68. The second-order valence-corrected chi connectivity index (χ2v) is 6.15. The summed E-state index contributed by atoms with van der Waals surface area (Å²) >= 11 is 0. The summed E-state index contributed by atoms with van der Waals surface area (Å²) in [6.07, 6.45) is 0.697. The smallest absolute Gasteiger partial charge is 0.141 e. The van der Waals surface area contributed by atoms with Crippen molar-refractivity contribution in [3.05, 3.63) is 59.7 Å². The van der Waals surface area contributed by atoms with Gasteiger partial charge in [-0.05, 0) is 35.4 Å². The van der Waals surface area contributed by atoms with Gasteiger partial charge in [-0.25, -0.2) is 0 Å². The molecular formula is C20H20O4. The molecule has 0 bridgehead atoms. The Morgan fingerprint density at radius 2 is 1.08 bits per heavy atom. The maximum absolute atomic E-state index is 12.2. The van der Waals surface area contributed by atoms with Crippen molar-refractivity contribution in [3.8, 4) is 11.5 Å². The van der Waals surface area contributed by atoms with Crippen LogP contribution in [0.25, 0.3) is 0 Å². The quantitative estimate of drug-likeness (QED) is 0.810. The van der Waals surface area contributed by atoms with Crippen LogP contribution in [0.2, 0.25) is 0 Å². The van der Waals surface area contributed by atoms with Gasteiger partial charge >= 0.3 is 0 Å². The Kier molecular flexibility index (Phi) is 4.38. The van der Waals surface area contributed by atoms with E-state index in [1.54, 1.807) is 14.2 Å². The zero-order valence-corrected chi connectivity index (χ0v) is 13.9. The number of ether oxygens (including phenoxy) is 2.